The highest BCUT2D eigenvalue weighted by Gasteiger charge is 2.49. The van der Waals surface area contributed by atoms with Crippen LogP contribution in [0.5, 0.6) is 5.75 Å². The van der Waals surface area contributed by atoms with Crippen LogP contribution in [0, 0.1) is 17.8 Å². The number of hydrogen-bond acceptors (Lipinski definition) is 7. The molecule has 0 radical (unpaired) electrons. The number of aromatic nitrogens is 1. The number of carbonyl (C=O) groups excluding carboxylic acids is 4. The van der Waals surface area contributed by atoms with Crippen LogP contribution in [0.25, 0.3) is 22.2 Å². The smallest absolute Gasteiger partial charge is 0.339 e. The summed E-state index contributed by atoms with van der Waals surface area (Å²) in [5.74, 6) is -0.637. The molecule has 4 aromatic rings. The molecular formula is C34H30N2O6. The van der Waals surface area contributed by atoms with Crippen LogP contribution in [0.15, 0.2) is 78.9 Å². The number of carbonyl (C=O) groups is 4. The first-order chi connectivity index (χ1) is 20.3. The van der Waals surface area contributed by atoms with Crippen molar-refractivity contribution in [1.82, 2.24) is 4.98 Å². The molecule has 8 heteroatoms. The first-order valence-electron chi connectivity index (χ1n) is 14.1. The van der Waals surface area contributed by atoms with Crippen LogP contribution in [-0.2, 0) is 14.3 Å². The molecule has 8 nitrogen and oxygen atoms in total. The van der Waals surface area contributed by atoms with Gasteiger partial charge in [-0.15, -0.1) is 0 Å². The molecular weight excluding hydrogens is 532 g/mol. The summed E-state index contributed by atoms with van der Waals surface area (Å²) in [7, 11) is 1.54. The fraction of sp³-hybridized carbons (Fsp3) is 0.265. The number of pyridine rings is 1. The minimum Gasteiger partial charge on any atom is -0.497 e. The van der Waals surface area contributed by atoms with Gasteiger partial charge in [0, 0.05) is 16.5 Å². The van der Waals surface area contributed by atoms with Gasteiger partial charge in [0.1, 0.15) is 5.75 Å². The number of hydrogen-bond donors (Lipinski definition) is 0. The van der Waals surface area contributed by atoms with Crippen LogP contribution in [0.3, 0.4) is 0 Å². The molecule has 3 unspecified atom stereocenters. The number of Topliss-reactive ketones (excluding diaryl/α,β-unsaturated/α-hetero) is 1. The van der Waals surface area contributed by atoms with Crippen LogP contribution >= 0.6 is 0 Å². The predicted molar refractivity (Wildman–Crippen MR) is 157 cm³/mol. The quantitative estimate of drug-likeness (QED) is 0.158. The third-order valence-electron chi connectivity index (χ3n) is 8.29. The number of benzene rings is 3. The van der Waals surface area contributed by atoms with Crippen LogP contribution in [0.1, 0.15) is 46.9 Å². The van der Waals surface area contributed by atoms with Crippen LogP contribution in [0.2, 0.25) is 0 Å². The van der Waals surface area contributed by atoms with E-state index in [9.17, 15) is 19.2 Å². The second-order valence-electron chi connectivity index (χ2n) is 11.0. The molecule has 2 amide bonds. The molecule has 1 saturated heterocycles. The molecule has 1 aliphatic carbocycles. The lowest BCUT2D eigenvalue weighted by atomic mass is 9.76. The largest absolute Gasteiger partial charge is 0.497 e. The number of ether oxygens (including phenoxy) is 2. The molecule has 42 heavy (non-hydrogen) atoms. The maximum atomic E-state index is 13.2. The second-order valence-corrected chi connectivity index (χ2v) is 11.0. The molecule has 0 bridgehead atoms. The number of amides is 2. The van der Waals surface area contributed by atoms with Crippen molar-refractivity contribution in [3.63, 3.8) is 0 Å². The summed E-state index contributed by atoms with van der Waals surface area (Å²) in [5.41, 5.74) is 3.05. The molecule has 3 atom stereocenters. The summed E-state index contributed by atoms with van der Waals surface area (Å²) >= 11 is 0. The summed E-state index contributed by atoms with van der Waals surface area (Å²) < 4.78 is 10.6. The number of ketones is 1. The molecule has 2 aliphatic rings. The SMILES string of the molecule is COc1ccc(C(=O)COC(=O)c2cc(-c3ccc(N4C(=O)C5CCC(C)CC5C4=O)cc3)nc3ccccc23)cc1. The number of imide groups is 1. The van der Waals surface area contributed by atoms with E-state index < -0.39 is 12.6 Å². The Balaban J connectivity index is 1.24. The maximum absolute atomic E-state index is 13.2. The zero-order chi connectivity index (χ0) is 29.4. The number of para-hydroxylation sites is 1. The van der Waals surface area contributed by atoms with E-state index in [1.165, 1.54) is 4.90 Å². The summed E-state index contributed by atoms with van der Waals surface area (Å²) in [6.45, 7) is 1.72. The van der Waals surface area contributed by atoms with E-state index >= 15 is 0 Å². The van der Waals surface area contributed by atoms with Gasteiger partial charge >= 0.3 is 5.97 Å². The average molecular weight is 563 g/mol. The third-order valence-corrected chi connectivity index (χ3v) is 8.29. The van der Waals surface area contributed by atoms with Gasteiger partial charge in [-0.3, -0.25) is 19.3 Å². The number of esters is 1. The average Bonchev–Trinajstić information content (AvgIpc) is 3.27. The van der Waals surface area contributed by atoms with Gasteiger partial charge in [0.15, 0.2) is 12.4 Å². The molecule has 0 N–H and O–H groups in total. The highest BCUT2D eigenvalue weighted by molar-refractivity contribution is 6.22. The summed E-state index contributed by atoms with van der Waals surface area (Å²) in [6.07, 6.45) is 2.45. The molecule has 1 saturated carbocycles. The lowest BCUT2D eigenvalue weighted by molar-refractivity contribution is -0.122. The van der Waals surface area contributed by atoms with Crippen LogP contribution < -0.4 is 9.64 Å². The van der Waals surface area contributed by atoms with E-state index in [0.29, 0.717) is 45.1 Å². The first kappa shape index (κ1) is 27.3. The van der Waals surface area contributed by atoms with Gasteiger partial charge in [-0.1, -0.05) is 37.3 Å². The zero-order valence-corrected chi connectivity index (χ0v) is 23.4. The fourth-order valence-electron chi connectivity index (χ4n) is 5.99. The van der Waals surface area contributed by atoms with Crippen molar-refractivity contribution in [3.8, 4) is 17.0 Å². The molecule has 6 rings (SSSR count). The summed E-state index contributed by atoms with van der Waals surface area (Å²) in [5, 5.41) is 0.602. The van der Waals surface area contributed by atoms with E-state index in [2.05, 4.69) is 6.92 Å². The van der Waals surface area contributed by atoms with Crippen LogP contribution in [0.4, 0.5) is 5.69 Å². The Labute approximate surface area is 243 Å². The molecule has 0 spiro atoms. The Morgan fingerprint density at radius 2 is 1.62 bits per heavy atom. The maximum Gasteiger partial charge on any atom is 0.339 e. The van der Waals surface area contributed by atoms with Gasteiger partial charge in [0.05, 0.1) is 41.4 Å². The Bertz CT molecular complexity index is 1700. The normalized spacial score (nSPS) is 20.0. The van der Waals surface area contributed by atoms with Crippen molar-refractivity contribution in [2.75, 3.05) is 18.6 Å². The Kier molecular flexibility index (Phi) is 7.29. The summed E-state index contributed by atoms with van der Waals surface area (Å²) in [6, 6.07) is 22.5. The Hall–Kier alpha value is -4.85. The van der Waals surface area contributed by atoms with Gasteiger partial charge in [-0.05, 0) is 73.7 Å². The highest BCUT2D eigenvalue weighted by Crippen LogP contribution is 2.42. The van der Waals surface area contributed by atoms with Crippen molar-refractivity contribution < 1.29 is 28.7 Å². The van der Waals surface area contributed by atoms with E-state index in [1.807, 2.05) is 6.07 Å². The molecule has 2 fully saturated rings. The lowest BCUT2D eigenvalue weighted by Gasteiger charge is -2.25. The van der Waals surface area contributed by atoms with Crippen molar-refractivity contribution in [2.45, 2.75) is 26.2 Å². The second kappa shape index (κ2) is 11.2. The minimum absolute atomic E-state index is 0.123. The number of anilines is 1. The summed E-state index contributed by atoms with van der Waals surface area (Å²) in [4.78, 5) is 58.2. The molecule has 2 heterocycles. The molecule has 3 aromatic carbocycles. The molecule has 1 aromatic heterocycles. The van der Waals surface area contributed by atoms with Crippen molar-refractivity contribution >= 4 is 40.2 Å². The fourth-order valence-corrected chi connectivity index (χ4v) is 5.99. The lowest BCUT2D eigenvalue weighted by Crippen LogP contribution is -2.30. The van der Waals surface area contributed by atoms with Crippen LogP contribution in [-0.4, -0.2) is 42.3 Å². The van der Waals surface area contributed by atoms with Crippen molar-refractivity contribution in [3.05, 3.63) is 90.0 Å². The van der Waals surface area contributed by atoms with Crippen molar-refractivity contribution in [2.24, 2.45) is 17.8 Å². The predicted octanol–water partition coefficient (Wildman–Crippen LogP) is 5.88. The Morgan fingerprint density at radius 1 is 0.905 bits per heavy atom. The third kappa shape index (κ3) is 5.04. The minimum atomic E-state index is -0.640. The van der Waals surface area contributed by atoms with Gasteiger partial charge in [-0.2, -0.15) is 0 Å². The van der Waals surface area contributed by atoms with Gasteiger partial charge in [0.25, 0.3) is 0 Å². The molecule has 212 valence electrons. The van der Waals surface area contributed by atoms with Gasteiger partial charge in [0.2, 0.25) is 11.8 Å². The van der Waals surface area contributed by atoms with E-state index in [1.54, 1.807) is 79.9 Å². The number of nitrogens with zero attached hydrogens (tertiary/aromatic N) is 2. The first-order valence-corrected chi connectivity index (χ1v) is 14.1. The highest BCUT2D eigenvalue weighted by atomic mass is 16.5. The molecule has 1 aliphatic heterocycles. The standard InChI is InChI=1S/C34H30N2O6/c1-20-7-16-26-27(17-20)33(39)36(32(26)38)23-12-8-21(9-13-23)30-18-28(25-5-3-4-6-29(25)35-30)34(40)42-19-31(37)22-10-14-24(41-2)15-11-22/h3-6,8-15,18,20,26-27H,7,16-17,19H2,1-2H3. The topological polar surface area (TPSA) is 103 Å². The van der Waals surface area contributed by atoms with Gasteiger partial charge < -0.3 is 9.47 Å². The van der Waals surface area contributed by atoms with E-state index in [4.69, 9.17) is 14.5 Å². The van der Waals surface area contributed by atoms with E-state index in [0.717, 1.165) is 19.3 Å². The van der Waals surface area contributed by atoms with Crippen molar-refractivity contribution in [1.29, 1.82) is 0 Å². The monoisotopic (exact) mass is 562 g/mol. The Morgan fingerprint density at radius 3 is 2.36 bits per heavy atom. The number of rotatable bonds is 7. The number of fused-ring (bicyclic) bond motifs is 2. The zero-order valence-electron chi connectivity index (χ0n) is 23.4. The van der Waals surface area contributed by atoms with Gasteiger partial charge in [-0.25, -0.2) is 9.78 Å². The number of methoxy groups -OCH3 is 1. The van der Waals surface area contributed by atoms with E-state index in [-0.39, 0.29) is 35.0 Å².